The number of piperazine rings is 1. The number of nitrogens with one attached hydrogen (secondary N) is 1. The van der Waals surface area contributed by atoms with Gasteiger partial charge in [0.2, 0.25) is 0 Å². The number of anilines is 1. The number of rotatable bonds is 2. The van der Waals surface area contributed by atoms with Gasteiger partial charge in [0.05, 0.1) is 0 Å². The molecule has 1 fully saturated rings. The molecule has 1 saturated heterocycles. The molecule has 21 heavy (non-hydrogen) atoms. The largest absolute Gasteiger partial charge is 0.354 e. The minimum atomic E-state index is 0.879. The highest BCUT2D eigenvalue weighted by atomic mass is 15.2. The second-order valence-corrected chi connectivity index (χ2v) is 5.75. The maximum absolute atomic E-state index is 4.93. The zero-order chi connectivity index (χ0) is 14.1. The Bertz CT molecular complexity index is 633. The molecule has 0 radical (unpaired) electrons. The summed E-state index contributed by atoms with van der Waals surface area (Å²) in [6.07, 6.45) is 3.43. The highest BCUT2D eigenvalue weighted by Crippen LogP contribution is 2.31. The van der Waals surface area contributed by atoms with E-state index >= 15 is 0 Å². The number of aryl methyl sites for hydroxylation is 1. The van der Waals surface area contributed by atoms with Crippen molar-refractivity contribution < 1.29 is 0 Å². The van der Waals surface area contributed by atoms with Crippen molar-refractivity contribution in [2.24, 2.45) is 0 Å². The Labute approximate surface area is 125 Å². The molecular weight excluding hydrogens is 260 g/mol. The smallest absolute Gasteiger partial charge is 0.161 e. The van der Waals surface area contributed by atoms with Gasteiger partial charge in [-0.3, -0.25) is 0 Å². The minimum Gasteiger partial charge on any atom is -0.354 e. The lowest BCUT2D eigenvalue weighted by molar-refractivity contribution is 0.583. The first-order valence-electron chi connectivity index (χ1n) is 7.83. The number of fused-ring (bicyclic) bond motifs is 1. The molecule has 0 amide bonds. The van der Waals surface area contributed by atoms with Crippen LogP contribution in [0.2, 0.25) is 0 Å². The van der Waals surface area contributed by atoms with Crippen LogP contribution in [-0.2, 0) is 12.8 Å². The van der Waals surface area contributed by atoms with Crippen LogP contribution in [0.4, 0.5) is 5.82 Å². The molecule has 2 heterocycles. The van der Waals surface area contributed by atoms with E-state index in [2.05, 4.69) is 34.5 Å². The van der Waals surface area contributed by atoms with Gasteiger partial charge in [-0.15, -0.1) is 0 Å². The fraction of sp³-hybridized carbons (Fsp3) is 0.412. The molecule has 4 rings (SSSR count). The van der Waals surface area contributed by atoms with E-state index in [1.165, 1.54) is 23.5 Å². The van der Waals surface area contributed by atoms with E-state index < -0.39 is 0 Å². The van der Waals surface area contributed by atoms with Crippen molar-refractivity contribution in [2.45, 2.75) is 19.3 Å². The summed E-state index contributed by atoms with van der Waals surface area (Å²) >= 11 is 0. The number of benzene rings is 1. The van der Waals surface area contributed by atoms with E-state index in [0.29, 0.717) is 0 Å². The fourth-order valence-corrected chi connectivity index (χ4v) is 3.27. The molecule has 1 N–H and O–H groups in total. The lowest BCUT2D eigenvalue weighted by atomic mass is 10.1. The summed E-state index contributed by atoms with van der Waals surface area (Å²) in [6, 6.07) is 10.3. The minimum absolute atomic E-state index is 0.879. The Morgan fingerprint density at radius 3 is 2.57 bits per heavy atom. The Morgan fingerprint density at radius 2 is 1.76 bits per heavy atom. The van der Waals surface area contributed by atoms with Crippen molar-refractivity contribution in [2.75, 3.05) is 31.1 Å². The summed E-state index contributed by atoms with van der Waals surface area (Å²) in [5.74, 6) is 2.06. The van der Waals surface area contributed by atoms with Crippen molar-refractivity contribution in [1.82, 2.24) is 15.3 Å². The number of hydrogen-bond donors (Lipinski definition) is 1. The Kier molecular flexibility index (Phi) is 3.31. The predicted octanol–water partition coefficient (Wildman–Crippen LogP) is 2.04. The van der Waals surface area contributed by atoms with Gasteiger partial charge in [0.15, 0.2) is 5.82 Å². The average molecular weight is 280 g/mol. The zero-order valence-electron chi connectivity index (χ0n) is 12.2. The monoisotopic (exact) mass is 280 g/mol. The average Bonchev–Trinajstić information content (AvgIpc) is 3.04. The SMILES string of the molecule is c1ccc(-c2nc3c(c(N4CCNCC4)n2)CCC3)cc1. The molecule has 1 aromatic carbocycles. The molecule has 1 aliphatic heterocycles. The van der Waals surface area contributed by atoms with Gasteiger partial charge in [-0.2, -0.15) is 0 Å². The van der Waals surface area contributed by atoms with Gasteiger partial charge in [-0.25, -0.2) is 9.97 Å². The van der Waals surface area contributed by atoms with E-state index in [-0.39, 0.29) is 0 Å². The lowest BCUT2D eigenvalue weighted by Crippen LogP contribution is -2.44. The van der Waals surface area contributed by atoms with Gasteiger partial charge >= 0.3 is 0 Å². The zero-order valence-corrected chi connectivity index (χ0v) is 12.2. The van der Waals surface area contributed by atoms with Crippen LogP contribution in [0.3, 0.4) is 0 Å². The fourth-order valence-electron chi connectivity index (χ4n) is 3.27. The van der Waals surface area contributed by atoms with Crippen molar-refractivity contribution >= 4 is 5.82 Å². The summed E-state index contributed by atoms with van der Waals surface area (Å²) in [5, 5.41) is 3.41. The van der Waals surface area contributed by atoms with Gasteiger partial charge in [0.1, 0.15) is 5.82 Å². The molecule has 1 aromatic heterocycles. The van der Waals surface area contributed by atoms with Crippen molar-refractivity contribution in [3.05, 3.63) is 41.6 Å². The number of nitrogens with zero attached hydrogens (tertiary/aromatic N) is 3. The molecular formula is C17H20N4. The third-order valence-electron chi connectivity index (χ3n) is 4.36. The summed E-state index contributed by atoms with van der Waals surface area (Å²) in [4.78, 5) is 12.2. The number of hydrogen-bond acceptors (Lipinski definition) is 4. The molecule has 1 aliphatic carbocycles. The molecule has 2 aromatic rings. The molecule has 0 unspecified atom stereocenters. The summed E-state index contributed by atoms with van der Waals surface area (Å²) < 4.78 is 0. The van der Waals surface area contributed by atoms with Crippen molar-refractivity contribution in [3.63, 3.8) is 0 Å². The molecule has 0 atom stereocenters. The molecule has 4 heteroatoms. The van der Waals surface area contributed by atoms with E-state index in [1.807, 2.05) is 6.07 Å². The van der Waals surface area contributed by atoms with Crippen molar-refractivity contribution in [3.8, 4) is 11.4 Å². The van der Waals surface area contributed by atoms with E-state index in [0.717, 1.165) is 50.4 Å². The quantitative estimate of drug-likeness (QED) is 0.914. The first-order chi connectivity index (χ1) is 10.4. The van der Waals surface area contributed by atoms with Crippen LogP contribution < -0.4 is 10.2 Å². The van der Waals surface area contributed by atoms with Gasteiger partial charge in [0, 0.05) is 43.0 Å². The summed E-state index contributed by atoms with van der Waals surface area (Å²) in [6.45, 7) is 4.16. The maximum Gasteiger partial charge on any atom is 0.161 e. The van der Waals surface area contributed by atoms with Crippen LogP contribution in [0.1, 0.15) is 17.7 Å². The molecule has 0 bridgehead atoms. The normalized spacial score (nSPS) is 17.8. The second-order valence-electron chi connectivity index (χ2n) is 5.75. The second kappa shape index (κ2) is 5.45. The third kappa shape index (κ3) is 2.40. The maximum atomic E-state index is 4.93. The van der Waals surface area contributed by atoms with Gasteiger partial charge in [0.25, 0.3) is 0 Å². The van der Waals surface area contributed by atoms with Crippen LogP contribution in [0.15, 0.2) is 30.3 Å². The molecule has 0 spiro atoms. The molecule has 108 valence electrons. The predicted molar refractivity (Wildman–Crippen MR) is 84.6 cm³/mol. The Balaban J connectivity index is 1.80. The van der Waals surface area contributed by atoms with Crippen LogP contribution in [0.25, 0.3) is 11.4 Å². The standard InChI is InChI=1S/C17H20N4/c1-2-5-13(6-3-1)16-19-15-8-4-7-14(15)17(20-16)21-11-9-18-10-12-21/h1-3,5-6,18H,4,7-12H2. The molecule has 4 nitrogen and oxygen atoms in total. The first kappa shape index (κ1) is 12.8. The van der Waals surface area contributed by atoms with E-state index in [1.54, 1.807) is 0 Å². The van der Waals surface area contributed by atoms with Crippen LogP contribution in [-0.4, -0.2) is 36.1 Å². The highest BCUT2D eigenvalue weighted by Gasteiger charge is 2.24. The molecule has 2 aliphatic rings. The summed E-state index contributed by atoms with van der Waals surface area (Å²) in [7, 11) is 0. The lowest BCUT2D eigenvalue weighted by Gasteiger charge is -2.30. The van der Waals surface area contributed by atoms with E-state index in [4.69, 9.17) is 9.97 Å². The third-order valence-corrected chi connectivity index (χ3v) is 4.36. The Hall–Kier alpha value is -1.94. The highest BCUT2D eigenvalue weighted by molar-refractivity contribution is 5.61. The topological polar surface area (TPSA) is 41.1 Å². The summed E-state index contributed by atoms with van der Waals surface area (Å²) in [5.41, 5.74) is 3.76. The van der Waals surface area contributed by atoms with Crippen molar-refractivity contribution in [1.29, 1.82) is 0 Å². The van der Waals surface area contributed by atoms with Gasteiger partial charge in [-0.1, -0.05) is 30.3 Å². The Morgan fingerprint density at radius 1 is 0.952 bits per heavy atom. The molecule has 0 saturated carbocycles. The van der Waals surface area contributed by atoms with E-state index in [9.17, 15) is 0 Å². The first-order valence-corrected chi connectivity index (χ1v) is 7.83. The van der Waals surface area contributed by atoms with Crippen LogP contribution in [0, 0.1) is 0 Å². The number of aromatic nitrogens is 2. The van der Waals surface area contributed by atoms with Gasteiger partial charge < -0.3 is 10.2 Å². The van der Waals surface area contributed by atoms with Crippen LogP contribution >= 0.6 is 0 Å². The van der Waals surface area contributed by atoms with Gasteiger partial charge in [-0.05, 0) is 19.3 Å². The van der Waals surface area contributed by atoms with Crippen LogP contribution in [0.5, 0.6) is 0 Å².